The molecule has 0 spiro atoms. The minimum atomic E-state index is 0.0809. The summed E-state index contributed by atoms with van der Waals surface area (Å²) < 4.78 is 0. The monoisotopic (exact) mass is 335 g/mol. The largest absolute Gasteiger partial charge is 0.340 e. The molecule has 0 radical (unpaired) electrons. The van der Waals surface area contributed by atoms with Crippen LogP contribution < -0.4 is 0 Å². The van der Waals surface area contributed by atoms with Crippen molar-refractivity contribution in [3.63, 3.8) is 0 Å². The van der Waals surface area contributed by atoms with Crippen LogP contribution in [-0.2, 0) is 4.79 Å². The maximum atomic E-state index is 12.6. The van der Waals surface area contributed by atoms with Crippen LogP contribution in [-0.4, -0.2) is 48.9 Å². The van der Waals surface area contributed by atoms with Crippen molar-refractivity contribution in [2.24, 2.45) is 0 Å². The Morgan fingerprint density at radius 1 is 1.12 bits per heavy atom. The zero-order valence-electron chi connectivity index (χ0n) is 14.9. The second-order valence-corrected chi connectivity index (χ2v) is 6.87. The van der Waals surface area contributed by atoms with Crippen LogP contribution in [0.2, 0.25) is 0 Å². The van der Waals surface area contributed by atoms with E-state index in [1.165, 1.54) is 11.1 Å². The summed E-state index contributed by atoms with van der Waals surface area (Å²) in [6.45, 7) is 3.33. The van der Waals surface area contributed by atoms with Gasteiger partial charge < -0.3 is 9.80 Å². The van der Waals surface area contributed by atoms with Crippen molar-refractivity contribution < 1.29 is 4.79 Å². The summed E-state index contributed by atoms with van der Waals surface area (Å²) in [6.07, 6.45) is 5.31. The normalized spacial score (nSPS) is 20.6. The van der Waals surface area contributed by atoms with Crippen molar-refractivity contribution in [1.29, 1.82) is 5.26 Å². The number of hydrogen-bond acceptors (Lipinski definition) is 3. The molecule has 1 heterocycles. The van der Waals surface area contributed by atoms with Gasteiger partial charge in [-0.2, -0.15) is 5.26 Å². The SMILES string of the molecule is CN1CCN(C(=O)C/C(C#N)=C2/C=C(c3ccccc3)CCC2)CC1. The van der Waals surface area contributed by atoms with Gasteiger partial charge in [0.2, 0.25) is 5.91 Å². The zero-order valence-corrected chi connectivity index (χ0v) is 14.9. The third-order valence-electron chi connectivity index (χ3n) is 5.09. The van der Waals surface area contributed by atoms with Gasteiger partial charge in [-0.25, -0.2) is 0 Å². The highest BCUT2D eigenvalue weighted by molar-refractivity contribution is 5.81. The maximum Gasteiger partial charge on any atom is 0.227 e. The van der Waals surface area contributed by atoms with E-state index in [1.54, 1.807) is 0 Å². The Morgan fingerprint density at radius 3 is 2.52 bits per heavy atom. The molecule has 0 bridgehead atoms. The van der Waals surface area contributed by atoms with Crippen molar-refractivity contribution in [1.82, 2.24) is 9.80 Å². The third-order valence-corrected chi connectivity index (χ3v) is 5.09. The fourth-order valence-electron chi connectivity index (χ4n) is 3.49. The number of nitrogens with zero attached hydrogens (tertiary/aromatic N) is 3. The fourth-order valence-corrected chi connectivity index (χ4v) is 3.49. The van der Waals surface area contributed by atoms with Crippen molar-refractivity contribution in [2.75, 3.05) is 33.2 Å². The van der Waals surface area contributed by atoms with Gasteiger partial charge in [0.25, 0.3) is 0 Å². The molecular formula is C21H25N3O. The summed E-state index contributed by atoms with van der Waals surface area (Å²) in [4.78, 5) is 16.7. The van der Waals surface area contributed by atoms with Gasteiger partial charge >= 0.3 is 0 Å². The van der Waals surface area contributed by atoms with Crippen LogP contribution >= 0.6 is 0 Å². The van der Waals surface area contributed by atoms with Gasteiger partial charge in [-0.1, -0.05) is 36.4 Å². The Labute approximate surface area is 150 Å². The molecule has 0 saturated carbocycles. The molecule has 4 heteroatoms. The molecule has 25 heavy (non-hydrogen) atoms. The van der Waals surface area contributed by atoms with Crippen molar-refractivity contribution in [2.45, 2.75) is 25.7 Å². The highest BCUT2D eigenvalue weighted by atomic mass is 16.2. The van der Waals surface area contributed by atoms with E-state index in [4.69, 9.17) is 0 Å². The van der Waals surface area contributed by atoms with Crippen molar-refractivity contribution in [3.8, 4) is 6.07 Å². The summed E-state index contributed by atoms with van der Waals surface area (Å²) in [7, 11) is 2.07. The highest BCUT2D eigenvalue weighted by Crippen LogP contribution is 2.31. The summed E-state index contributed by atoms with van der Waals surface area (Å²) >= 11 is 0. The van der Waals surface area contributed by atoms with Crippen LogP contribution in [0.5, 0.6) is 0 Å². The fraction of sp³-hybridized carbons (Fsp3) is 0.429. The lowest BCUT2D eigenvalue weighted by Crippen LogP contribution is -2.47. The third kappa shape index (κ3) is 4.37. The molecule has 1 aromatic carbocycles. The molecule has 0 aromatic heterocycles. The zero-order chi connectivity index (χ0) is 17.6. The van der Waals surface area contributed by atoms with Crippen LogP contribution in [0.4, 0.5) is 0 Å². The molecular weight excluding hydrogens is 310 g/mol. The summed E-state index contributed by atoms with van der Waals surface area (Å²) in [5.41, 5.74) is 4.15. The molecule has 4 nitrogen and oxygen atoms in total. The van der Waals surface area contributed by atoms with Crippen molar-refractivity contribution in [3.05, 3.63) is 53.1 Å². The first-order valence-corrected chi connectivity index (χ1v) is 9.02. The van der Waals surface area contributed by atoms with Crippen LogP contribution in [0.1, 0.15) is 31.2 Å². The number of allylic oxidation sites excluding steroid dienone is 3. The molecule has 3 rings (SSSR count). The van der Waals surface area contributed by atoms with E-state index in [9.17, 15) is 10.1 Å². The van der Waals surface area contributed by atoms with Gasteiger partial charge in [-0.15, -0.1) is 0 Å². The van der Waals surface area contributed by atoms with Gasteiger partial charge in [0.1, 0.15) is 0 Å². The predicted molar refractivity (Wildman–Crippen MR) is 99.6 cm³/mol. The standard InChI is InChI=1S/C21H25N3O/c1-23-10-12-24(13-11-23)21(25)15-20(16-22)19-9-5-8-18(14-19)17-6-3-2-4-7-17/h2-4,6-7,14H,5,8-13,15H2,1H3/b20-19-. The topological polar surface area (TPSA) is 47.3 Å². The Bertz CT molecular complexity index is 719. The molecule has 1 aromatic rings. The van der Waals surface area contributed by atoms with Crippen molar-refractivity contribution >= 4 is 11.5 Å². The number of likely N-dealkylation sites (N-methyl/N-ethyl adjacent to an activating group) is 1. The van der Waals surface area contributed by atoms with Gasteiger partial charge in [0.05, 0.1) is 12.5 Å². The first-order valence-electron chi connectivity index (χ1n) is 9.02. The first kappa shape index (κ1) is 17.4. The maximum absolute atomic E-state index is 12.6. The Kier molecular flexibility index (Phi) is 5.67. The van der Waals surface area contributed by atoms with Crippen LogP contribution in [0.15, 0.2) is 47.6 Å². The summed E-state index contributed by atoms with van der Waals surface area (Å²) in [5, 5.41) is 9.61. The molecule has 1 fully saturated rings. The lowest BCUT2D eigenvalue weighted by Gasteiger charge is -2.32. The molecule has 1 aliphatic heterocycles. The summed E-state index contributed by atoms with van der Waals surface area (Å²) in [5.74, 6) is 0.0809. The van der Waals surface area contributed by atoms with E-state index in [-0.39, 0.29) is 12.3 Å². The van der Waals surface area contributed by atoms with Gasteiger partial charge in [0, 0.05) is 31.8 Å². The molecule has 1 aliphatic carbocycles. The molecule has 1 saturated heterocycles. The highest BCUT2D eigenvalue weighted by Gasteiger charge is 2.21. The van der Waals surface area contributed by atoms with Crippen LogP contribution in [0, 0.1) is 11.3 Å². The average molecular weight is 335 g/mol. The first-order chi connectivity index (χ1) is 12.2. The molecule has 0 unspecified atom stereocenters. The number of amides is 1. The van der Waals surface area contributed by atoms with E-state index in [1.807, 2.05) is 23.1 Å². The second kappa shape index (κ2) is 8.13. The number of carbonyl (C=O) groups excluding carboxylic acids is 1. The minimum Gasteiger partial charge on any atom is -0.340 e. The van der Waals surface area contributed by atoms with Gasteiger partial charge in [-0.05, 0) is 43.0 Å². The number of carbonyl (C=O) groups is 1. The summed E-state index contributed by atoms with van der Waals surface area (Å²) in [6, 6.07) is 12.6. The average Bonchev–Trinajstić information content (AvgIpc) is 2.67. The van der Waals surface area contributed by atoms with E-state index < -0.39 is 0 Å². The van der Waals surface area contributed by atoms with E-state index in [2.05, 4.69) is 36.2 Å². The Balaban J connectivity index is 1.76. The molecule has 0 N–H and O–H groups in total. The van der Waals surface area contributed by atoms with Crippen LogP contribution in [0.3, 0.4) is 0 Å². The number of rotatable bonds is 3. The smallest absolute Gasteiger partial charge is 0.227 e. The lowest BCUT2D eigenvalue weighted by molar-refractivity contribution is -0.131. The predicted octanol–water partition coefficient (Wildman–Crippen LogP) is 3.24. The van der Waals surface area contributed by atoms with E-state index in [0.717, 1.165) is 51.0 Å². The number of hydrogen-bond donors (Lipinski definition) is 0. The Hall–Kier alpha value is -2.38. The lowest BCUT2D eigenvalue weighted by atomic mass is 9.88. The number of nitriles is 1. The minimum absolute atomic E-state index is 0.0809. The quantitative estimate of drug-likeness (QED) is 0.797. The Morgan fingerprint density at radius 2 is 1.84 bits per heavy atom. The van der Waals surface area contributed by atoms with Crippen LogP contribution in [0.25, 0.3) is 5.57 Å². The van der Waals surface area contributed by atoms with Gasteiger partial charge in [-0.3, -0.25) is 4.79 Å². The second-order valence-electron chi connectivity index (χ2n) is 6.87. The number of benzene rings is 1. The number of piperazine rings is 1. The molecule has 0 atom stereocenters. The van der Waals surface area contributed by atoms with Gasteiger partial charge in [0.15, 0.2) is 0 Å². The molecule has 130 valence electrons. The van der Waals surface area contributed by atoms with E-state index in [0.29, 0.717) is 5.57 Å². The van der Waals surface area contributed by atoms with E-state index >= 15 is 0 Å². The molecule has 1 amide bonds. The molecule has 2 aliphatic rings.